The number of nitrogens with zero attached hydrogens (tertiary/aromatic N) is 2. The molecule has 90 valence electrons. The fourth-order valence-electron chi connectivity index (χ4n) is 1.33. The van der Waals surface area contributed by atoms with E-state index in [-0.39, 0.29) is 0 Å². The van der Waals surface area contributed by atoms with Gasteiger partial charge in [0, 0.05) is 24.0 Å². The third-order valence-electron chi connectivity index (χ3n) is 2.20. The standard InChI is InChI=1S/C10H9F3N4/c11-10(12,13)9-2-1-6(5-15-9)8-3-7(4-14)16-17-8/h1-3,5H,4,14H2,(H,16,17). The predicted octanol–water partition coefficient (Wildman–Crippen LogP) is 1.95. The molecule has 3 N–H and O–H groups in total. The van der Waals surface area contributed by atoms with Crippen molar-refractivity contribution in [3.8, 4) is 11.3 Å². The zero-order chi connectivity index (χ0) is 12.5. The van der Waals surface area contributed by atoms with Crippen molar-refractivity contribution in [2.45, 2.75) is 12.7 Å². The molecule has 0 atom stereocenters. The summed E-state index contributed by atoms with van der Waals surface area (Å²) in [5.74, 6) is 0. The van der Waals surface area contributed by atoms with E-state index in [2.05, 4.69) is 15.2 Å². The Morgan fingerprint density at radius 3 is 2.53 bits per heavy atom. The van der Waals surface area contributed by atoms with Crippen molar-refractivity contribution in [2.24, 2.45) is 5.73 Å². The van der Waals surface area contributed by atoms with Crippen molar-refractivity contribution in [1.29, 1.82) is 0 Å². The van der Waals surface area contributed by atoms with E-state index in [0.29, 0.717) is 23.5 Å². The van der Waals surface area contributed by atoms with Crippen LogP contribution in [0.1, 0.15) is 11.4 Å². The maximum Gasteiger partial charge on any atom is 0.433 e. The zero-order valence-corrected chi connectivity index (χ0v) is 8.62. The lowest BCUT2D eigenvalue weighted by atomic mass is 10.2. The van der Waals surface area contributed by atoms with Gasteiger partial charge >= 0.3 is 6.18 Å². The average molecular weight is 242 g/mol. The summed E-state index contributed by atoms with van der Waals surface area (Å²) in [7, 11) is 0. The number of H-pyrrole nitrogens is 1. The Morgan fingerprint density at radius 1 is 1.29 bits per heavy atom. The molecule has 2 aromatic rings. The van der Waals surface area contributed by atoms with Gasteiger partial charge in [0.1, 0.15) is 5.69 Å². The first-order chi connectivity index (χ1) is 8.00. The Bertz CT molecular complexity index is 501. The predicted molar refractivity (Wildman–Crippen MR) is 54.7 cm³/mol. The second kappa shape index (κ2) is 4.17. The van der Waals surface area contributed by atoms with Gasteiger partial charge in [0.05, 0.1) is 5.69 Å². The van der Waals surface area contributed by atoms with Crippen LogP contribution in [0.15, 0.2) is 24.4 Å². The molecule has 0 amide bonds. The van der Waals surface area contributed by atoms with Gasteiger partial charge in [-0.3, -0.25) is 10.1 Å². The van der Waals surface area contributed by atoms with Gasteiger partial charge in [-0.05, 0) is 18.2 Å². The van der Waals surface area contributed by atoms with Crippen molar-refractivity contribution in [3.63, 3.8) is 0 Å². The molecule has 0 bridgehead atoms. The molecule has 0 radical (unpaired) electrons. The molecule has 0 saturated carbocycles. The molecule has 0 fully saturated rings. The Kier molecular flexibility index (Phi) is 2.84. The van der Waals surface area contributed by atoms with E-state index < -0.39 is 11.9 Å². The first-order valence-corrected chi connectivity index (χ1v) is 4.78. The van der Waals surface area contributed by atoms with Crippen LogP contribution >= 0.6 is 0 Å². The molecule has 2 heterocycles. The van der Waals surface area contributed by atoms with Gasteiger partial charge in [-0.1, -0.05) is 0 Å². The molecule has 2 rings (SSSR count). The molecule has 0 aliphatic heterocycles. The second-order valence-electron chi connectivity index (χ2n) is 3.41. The molecule has 0 saturated heterocycles. The third-order valence-corrected chi connectivity index (χ3v) is 2.20. The molecule has 0 aromatic carbocycles. The smallest absolute Gasteiger partial charge is 0.325 e. The van der Waals surface area contributed by atoms with E-state index >= 15 is 0 Å². The van der Waals surface area contributed by atoms with Crippen LogP contribution in [0.2, 0.25) is 0 Å². The summed E-state index contributed by atoms with van der Waals surface area (Å²) in [4.78, 5) is 3.35. The van der Waals surface area contributed by atoms with Crippen molar-refractivity contribution >= 4 is 0 Å². The maximum absolute atomic E-state index is 12.3. The van der Waals surface area contributed by atoms with E-state index in [9.17, 15) is 13.2 Å². The topological polar surface area (TPSA) is 67.6 Å². The Morgan fingerprint density at radius 2 is 2.06 bits per heavy atom. The molecule has 0 aliphatic rings. The molecule has 0 unspecified atom stereocenters. The normalized spacial score (nSPS) is 11.8. The Labute approximate surface area is 94.7 Å². The second-order valence-corrected chi connectivity index (χ2v) is 3.41. The number of alkyl halides is 3. The Balaban J connectivity index is 2.29. The summed E-state index contributed by atoms with van der Waals surface area (Å²) in [5.41, 5.74) is 6.20. The summed E-state index contributed by atoms with van der Waals surface area (Å²) in [6, 6.07) is 3.92. The molecular formula is C10H9F3N4. The number of hydrogen-bond donors (Lipinski definition) is 2. The van der Waals surface area contributed by atoms with Crippen molar-refractivity contribution < 1.29 is 13.2 Å². The van der Waals surface area contributed by atoms with E-state index in [1.165, 1.54) is 6.07 Å². The molecule has 0 spiro atoms. The minimum Gasteiger partial charge on any atom is -0.325 e. The number of pyridine rings is 1. The first kappa shape index (κ1) is 11.6. The number of hydrogen-bond acceptors (Lipinski definition) is 3. The van der Waals surface area contributed by atoms with Crippen molar-refractivity contribution in [1.82, 2.24) is 15.2 Å². The summed E-state index contributed by atoms with van der Waals surface area (Å²) >= 11 is 0. The Hall–Kier alpha value is -1.89. The number of aromatic nitrogens is 3. The molecule has 4 nitrogen and oxygen atoms in total. The monoisotopic (exact) mass is 242 g/mol. The first-order valence-electron chi connectivity index (χ1n) is 4.78. The highest BCUT2D eigenvalue weighted by Gasteiger charge is 2.32. The third kappa shape index (κ3) is 2.44. The van der Waals surface area contributed by atoms with E-state index in [0.717, 1.165) is 12.3 Å². The van der Waals surface area contributed by atoms with E-state index in [1.807, 2.05) is 0 Å². The lowest BCUT2D eigenvalue weighted by Gasteiger charge is -2.05. The van der Waals surface area contributed by atoms with Crippen LogP contribution in [-0.2, 0) is 12.7 Å². The maximum atomic E-state index is 12.3. The number of nitrogens with one attached hydrogen (secondary N) is 1. The van der Waals surface area contributed by atoms with Crippen molar-refractivity contribution in [3.05, 3.63) is 35.8 Å². The van der Waals surface area contributed by atoms with Gasteiger partial charge in [-0.25, -0.2) is 0 Å². The quantitative estimate of drug-likeness (QED) is 0.845. The van der Waals surface area contributed by atoms with Crippen LogP contribution < -0.4 is 5.73 Å². The molecule has 0 aliphatic carbocycles. The molecular weight excluding hydrogens is 233 g/mol. The fourth-order valence-corrected chi connectivity index (χ4v) is 1.33. The molecule has 17 heavy (non-hydrogen) atoms. The number of rotatable bonds is 2. The van der Waals surface area contributed by atoms with Gasteiger partial charge < -0.3 is 5.73 Å². The number of aromatic amines is 1. The summed E-state index contributed by atoms with van der Waals surface area (Å²) in [5, 5.41) is 6.60. The van der Waals surface area contributed by atoms with Gasteiger partial charge in [-0.15, -0.1) is 0 Å². The largest absolute Gasteiger partial charge is 0.433 e. The average Bonchev–Trinajstić information content (AvgIpc) is 2.76. The van der Waals surface area contributed by atoms with E-state index in [4.69, 9.17) is 5.73 Å². The summed E-state index contributed by atoms with van der Waals surface area (Å²) in [6.07, 6.45) is -3.29. The van der Waals surface area contributed by atoms with Crippen LogP contribution in [-0.4, -0.2) is 15.2 Å². The zero-order valence-electron chi connectivity index (χ0n) is 8.62. The van der Waals surface area contributed by atoms with Crippen molar-refractivity contribution in [2.75, 3.05) is 0 Å². The van der Waals surface area contributed by atoms with Gasteiger partial charge in [-0.2, -0.15) is 18.3 Å². The summed E-state index contributed by atoms with van der Waals surface area (Å²) in [6.45, 7) is 0.293. The minimum absolute atomic E-state index is 0.293. The number of nitrogens with two attached hydrogens (primary N) is 1. The SMILES string of the molecule is NCc1cc(-c2ccc(C(F)(F)F)nc2)n[nH]1. The van der Waals surface area contributed by atoms with Crippen LogP contribution in [0.5, 0.6) is 0 Å². The van der Waals surface area contributed by atoms with Crippen LogP contribution in [0, 0.1) is 0 Å². The van der Waals surface area contributed by atoms with Gasteiger partial charge in [0.15, 0.2) is 0 Å². The highest BCUT2D eigenvalue weighted by atomic mass is 19.4. The van der Waals surface area contributed by atoms with Crippen LogP contribution in [0.4, 0.5) is 13.2 Å². The van der Waals surface area contributed by atoms with Crippen LogP contribution in [0.25, 0.3) is 11.3 Å². The van der Waals surface area contributed by atoms with Gasteiger partial charge in [0.2, 0.25) is 0 Å². The fraction of sp³-hybridized carbons (Fsp3) is 0.200. The molecule has 7 heteroatoms. The summed E-state index contributed by atoms with van der Waals surface area (Å²) < 4.78 is 36.8. The highest BCUT2D eigenvalue weighted by Crippen LogP contribution is 2.28. The van der Waals surface area contributed by atoms with Gasteiger partial charge in [0.25, 0.3) is 0 Å². The number of halogens is 3. The minimum atomic E-state index is -4.42. The molecule has 2 aromatic heterocycles. The lowest BCUT2D eigenvalue weighted by molar-refractivity contribution is -0.141. The highest BCUT2D eigenvalue weighted by molar-refractivity contribution is 5.58. The van der Waals surface area contributed by atoms with Crippen LogP contribution in [0.3, 0.4) is 0 Å². The van der Waals surface area contributed by atoms with E-state index in [1.54, 1.807) is 6.07 Å². The lowest BCUT2D eigenvalue weighted by Crippen LogP contribution is -2.07.